The van der Waals surface area contributed by atoms with Crippen molar-refractivity contribution >= 4 is 22.8 Å². The summed E-state index contributed by atoms with van der Waals surface area (Å²) in [6.07, 6.45) is 3.43. The largest absolute Gasteiger partial charge is 0.492 e. The summed E-state index contributed by atoms with van der Waals surface area (Å²) in [4.78, 5) is 27.9. The van der Waals surface area contributed by atoms with Crippen molar-refractivity contribution in [2.75, 3.05) is 13.2 Å². The van der Waals surface area contributed by atoms with Crippen LogP contribution in [0, 0.1) is 0 Å². The zero-order valence-corrected chi connectivity index (χ0v) is 17.5. The lowest BCUT2D eigenvalue weighted by Crippen LogP contribution is -2.27. The van der Waals surface area contributed by atoms with E-state index in [4.69, 9.17) is 19.1 Å². The van der Waals surface area contributed by atoms with Crippen LogP contribution in [0.5, 0.6) is 11.5 Å². The molecule has 4 aromatic rings. The molecule has 0 unspecified atom stereocenters. The Morgan fingerprint density at radius 3 is 2.61 bits per heavy atom. The van der Waals surface area contributed by atoms with Crippen molar-refractivity contribution < 1.29 is 28.7 Å². The van der Waals surface area contributed by atoms with Crippen molar-refractivity contribution in [3.63, 3.8) is 0 Å². The topological polar surface area (TPSA) is 123 Å². The SMILES string of the molecule is O=C(NO)c1ccc(OCCNC(=O)c2cc3c(OCc4cccnc4)cccc3o2)cc1. The molecule has 2 aromatic heterocycles. The average Bonchev–Trinajstić information content (AvgIpc) is 3.31. The van der Waals surface area contributed by atoms with E-state index >= 15 is 0 Å². The Morgan fingerprint density at radius 1 is 1.00 bits per heavy atom. The van der Waals surface area contributed by atoms with Gasteiger partial charge in [0.05, 0.1) is 11.9 Å². The fourth-order valence-electron chi connectivity index (χ4n) is 3.10. The van der Waals surface area contributed by atoms with E-state index in [1.54, 1.807) is 48.2 Å². The van der Waals surface area contributed by atoms with Gasteiger partial charge < -0.3 is 19.2 Å². The van der Waals surface area contributed by atoms with Gasteiger partial charge >= 0.3 is 0 Å². The molecule has 3 N–H and O–H groups in total. The molecular weight excluding hydrogens is 426 g/mol. The molecule has 0 saturated carbocycles. The molecule has 0 aliphatic heterocycles. The van der Waals surface area contributed by atoms with Gasteiger partial charge in [-0.1, -0.05) is 12.1 Å². The first-order valence-corrected chi connectivity index (χ1v) is 10.1. The molecule has 2 amide bonds. The minimum absolute atomic E-state index is 0.168. The number of pyridine rings is 1. The fourth-order valence-corrected chi connectivity index (χ4v) is 3.10. The number of furan rings is 1. The Bertz CT molecular complexity index is 1240. The minimum Gasteiger partial charge on any atom is -0.492 e. The van der Waals surface area contributed by atoms with Gasteiger partial charge in [0, 0.05) is 29.6 Å². The summed E-state index contributed by atoms with van der Waals surface area (Å²) in [5, 5.41) is 12.1. The van der Waals surface area contributed by atoms with Gasteiger partial charge in [-0.2, -0.15) is 0 Å². The van der Waals surface area contributed by atoms with E-state index in [1.165, 1.54) is 12.1 Å². The molecule has 0 saturated heterocycles. The minimum atomic E-state index is -0.606. The number of nitrogens with zero attached hydrogens (tertiary/aromatic N) is 1. The third-order valence-electron chi connectivity index (χ3n) is 4.74. The molecule has 4 rings (SSSR count). The van der Waals surface area contributed by atoms with Crippen molar-refractivity contribution in [3.8, 4) is 11.5 Å². The molecule has 0 bridgehead atoms. The van der Waals surface area contributed by atoms with Crippen LogP contribution in [0.3, 0.4) is 0 Å². The van der Waals surface area contributed by atoms with E-state index in [-0.39, 0.29) is 24.8 Å². The predicted molar refractivity (Wildman–Crippen MR) is 118 cm³/mol. The average molecular weight is 447 g/mol. The first-order chi connectivity index (χ1) is 16.1. The van der Waals surface area contributed by atoms with E-state index in [9.17, 15) is 9.59 Å². The van der Waals surface area contributed by atoms with Crippen LogP contribution < -0.4 is 20.3 Å². The highest BCUT2D eigenvalue weighted by molar-refractivity contribution is 5.97. The molecule has 0 radical (unpaired) electrons. The summed E-state index contributed by atoms with van der Waals surface area (Å²) in [5.74, 6) is 0.328. The van der Waals surface area contributed by atoms with Crippen LogP contribution >= 0.6 is 0 Å². The standard InChI is InChI=1S/C24H21N3O6/c28-23(27-30)17-6-8-18(9-7-17)31-12-11-26-24(29)22-13-19-20(4-1-5-21(19)33-22)32-15-16-3-2-10-25-14-16/h1-10,13-14,30H,11-12,15H2,(H,26,29)(H,27,28). The first kappa shape index (κ1) is 21.8. The first-order valence-electron chi connectivity index (χ1n) is 10.1. The number of hydroxylamine groups is 1. The molecule has 2 heterocycles. The lowest BCUT2D eigenvalue weighted by molar-refractivity contribution is 0.0706. The normalized spacial score (nSPS) is 10.6. The number of hydrogen-bond donors (Lipinski definition) is 3. The number of carbonyl (C=O) groups excluding carboxylic acids is 2. The molecule has 0 atom stereocenters. The summed E-state index contributed by atoms with van der Waals surface area (Å²) >= 11 is 0. The van der Waals surface area contributed by atoms with E-state index in [0.29, 0.717) is 34.6 Å². The van der Waals surface area contributed by atoms with Crippen molar-refractivity contribution in [2.24, 2.45) is 0 Å². The van der Waals surface area contributed by atoms with E-state index in [2.05, 4.69) is 10.3 Å². The van der Waals surface area contributed by atoms with Crippen LogP contribution in [0.4, 0.5) is 0 Å². The maximum Gasteiger partial charge on any atom is 0.287 e. The summed E-state index contributed by atoms with van der Waals surface area (Å²) in [7, 11) is 0. The molecule has 168 valence electrons. The van der Waals surface area contributed by atoms with Gasteiger partial charge in [-0.3, -0.25) is 19.8 Å². The number of rotatable bonds is 9. The van der Waals surface area contributed by atoms with Gasteiger partial charge in [-0.25, -0.2) is 5.48 Å². The third-order valence-corrected chi connectivity index (χ3v) is 4.74. The monoisotopic (exact) mass is 447 g/mol. The number of hydrogen-bond acceptors (Lipinski definition) is 7. The molecule has 0 aliphatic rings. The smallest absolute Gasteiger partial charge is 0.287 e. The van der Waals surface area contributed by atoms with Crippen molar-refractivity contribution in [1.82, 2.24) is 15.8 Å². The molecule has 0 fully saturated rings. The fraction of sp³-hybridized carbons (Fsp3) is 0.125. The molecule has 33 heavy (non-hydrogen) atoms. The van der Waals surface area contributed by atoms with Crippen molar-refractivity contribution in [2.45, 2.75) is 6.61 Å². The highest BCUT2D eigenvalue weighted by Crippen LogP contribution is 2.29. The predicted octanol–water partition coefficient (Wildman–Crippen LogP) is 3.33. The molecule has 0 spiro atoms. The van der Waals surface area contributed by atoms with E-state index in [0.717, 1.165) is 5.56 Å². The molecule has 9 heteroatoms. The van der Waals surface area contributed by atoms with Gasteiger partial charge in [0.1, 0.15) is 30.3 Å². The Labute approximate surface area is 188 Å². The maximum atomic E-state index is 12.5. The molecule has 9 nitrogen and oxygen atoms in total. The summed E-state index contributed by atoms with van der Waals surface area (Å²) < 4.78 is 17.1. The van der Waals surface area contributed by atoms with Crippen LogP contribution in [0.15, 0.2) is 77.5 Å². The zero-order chi connectivity index (χ0) is 23.0. The van der Waals surface area contributed by atoms with E-state index in [1.807, 2.05) is 18.2 Å². The van der Waals surface area contributed by atoms with E-state index < -0.39 is 5.91 Å². The van der Waals surface area contributed by atoms with Crippen molar-refractivity contribution in [3.05, 3.63) is 89.9 Å². The number of ether oxygens (including phenoxy) is 2. The third kappa shape index (κ3) is 5.46. The number of aromatic nitrogens is 1. The van der Waals surface area contributed by atoms with Gasteiger partial charge in [0.15, 0.2) is 5.76 Å². The lowest BCUT2D eigenvalue weighted by Gasteiger charge is -2.07. The second kappa shape index (κ2) is 10.3. The second-order valence-corrected chi connectivity index (χ2v) is 7.00. The summed E-state index contributed by atoms with van der Waals surface area (Å²) in [6.45, 7) is 0.818. The highest BCUT2D eigenvalue weighted by Gasteiger charge is 2.15. The van der Waals surface area contributed by atoms with Crippen LogP contribution in [0.2, 0.25) is 0 Å². The second-order valence-electron chi connectivity index (χ2n) is 7.00. The molecular formula is C24H21N3O6. The number of amides is 2. The number of fused-ring (bicyclic) bond motifs is 1. The Balaban J connectivity index is 1.31. The Kier molecular flexibility index (Phi) is 6.81. The number of benzene rings is 2. The van der Waals surface area contributed by atoms with Crippen LogP contribution in [0.25, 0.3) is 11.0 Å². The van der Waals surface area contributed by atoms with Crippen LogP contribution in [0.1, 0.15) is 26.5 Å². The molecule has 2 aromatic carbocycles. The van der Waals surface area contributed by atoms with Crippen LogP contribution in [-0.4, -0.2) is 35.2 Å². The number of nitrogens with one attached hydrogen (secondary N) is 2. The lowest BCUT2D eigenvalue weighted by atomic mass is 10.2. The maximum absolute atomic E-state index is 12.5. The van der Waals surface area contributed by atoms with Gasteiger partial charge in [0.25, 0.3) is 11.8 Å². The quantitative estimate of drug-likeness (QED) is 0.204. The van der Waals surface area contributed by atoms with Gasteiger partial charge in [-0.15, -0.1) is 0 Å². The Morgan fingerprint density at radius 2 is 1.85 bits per heavy atom. The van der Waals surface area contributed by atoms with Gasteiger partial charge in [0.2, 0.25) is 0 Å². The molecule has 0 aliphatic carbocycles. The number of carbonyl (C=O) groups is 2. The zero-order valence-electron chi connectivity index (χ0n) is 17.5. The highest BCUT2D eigenvalue weighted by atomic mass is 16.5. The van der Waals surface area contributed by atoms with Crippen molar-refractivity contribution in [1.29, 1.82) is 0 Å². The summed E-state index contributed by atoms with van der Waals surface area (Å²) in [5.41, 5.74) is 3.34. The van der Waals surface area contributed by atoms with Gasteiger partial charge in [-0.05, 0) is 42.5 Å². The van der Waals surface area contributed by atoms with Crippen LogP contribution in [-0.2, 0) is 6.61 Å². The Hall–Kier alpha value is -4.37. The summed E-state index contributed by atoms with van der Waals surface area (Å²) in [6, 6.07) is 17.0.